The average Bonchev–Trinajstić information content (AvgIpc) is 2.29. The topological polar surface area (TPSA) is 46.3 Å². The molecule has 0 saturated carbocycles. The van der Waals surface area contributed by atoms with Gasteiger partial charge in [-0.05, 0) is 31.0 Å². The van der Waals surface area contributed by atoms with Crippen molar-refractivity contribution >= 4 is 29.9 Å². The van der Waals surface area contributed by atoms with Crippen LogP contribution < -0.4 is 5.73 Å². The molecule has 0 radical (unpaired) electrons. The van der Waals surface area contributed by atoms with Crippen LogP contribution in [0.1, 0.15) is 23.2 Å². The van der Waals surface area contributed by atoms with Crippen molar-refractivity contribution in [1.29, 1.82) is 0 Å². The van der Waals surface area contributed by atoms with Gasteiger partial charge in [0.15, 0.2) is 0 Å². The molecule has 2 rings (SSSR count). The van der Waals surface area contributed by atoms with Gasteiger partial charge >= 0.3 is 0 Å². The van der Waals surface area contributed by atoms with Crippen molar-refractivity contribution in [2.45, 2.75) is 18.9 Å². The highest BCUT2D eigenvalue weighted by atomic mass is 35.5. The molecule has 1 aliphatic heterocycles. The number of halogens is 3. The maximum absolute atomic E-state index is 13.6. The predicted molar refractivity (Wildman–Crippen MR) is 71.8 cm³/mol. The Balaban J connectivity index is 0.00000162. The third-order valence-electron chi connectivity index (χ3n) is 2.99. The number of nitrogens with zero attached hydrogens (tertiary/aromatic N) is 1. The van der Waals surface area contributed by atoms with E-state index in [1.54, 1.807) is 4.90 Å². The second-order valence-corrected chi connectivity index (χ2v) is 4.69. The first-order chi connectivity index (χ1) is 8.08. The molecule has 0 bridgehead atoms. The second kappa shape index (κ2) is 6.36. The van der Waals surface area contributed by atoms with E-state index in [2.05, 4.69) is 0 Å². The molecule has 1 aromatic rings. The van der Waals surface area contributed by atoms with Gasteiger partial charge in [0.2, 0.25) is 0 Å². The van der Waals surface area contributed by atoms with E-state index in [9.17, 15) is 9.18 Å². The minimum atomic E-state index is -0.572. The van der Waals surface area contributed by atoms with E-state index in [-0.39, 0.29) is 29.9 Å². The summed E-state index contributed by atoms with van der Waals surface area (Å²) in [5, 5.41) is 0.291. The maximum atomic E-state index is 13.6. The third-order valence-corrected chi connectivity index (χ3v) is 3.22. The lowest BCUT2D eigenvalue weighted by atomic mass is 10.0. The molecule has 0 aromatic heterocycles. The fourth-order valence-electron chi connectivity index (χ4n) is 1.94. The van der Waals surface area contributed by atoms with Gasteiger partial charge < -0.3 is 10.6 Å². The van der Waals surface area contributed by atoms with Crippen molar-refractivity contribution in [1.82, 2.24) is 4.90 Å². The standard InChI is InChI=1S/C12H14ClFN2O.ClH/c13-8-1-2-10(11(14)7-8)12(17)16-5-3-9(15)4-6-16;/h1-2,7,9H,3-6,15H2;1H. The van der Waals surface area contributed by atoms with Gasteiger partial charge in [0, 0.05) is 24.2 Å². The second-order valence-electron chi connectivity index (χ2n) is 4.25. The van der Waals surface area contributed by atoms with Crippen molar-refractivity contribution in [2.75, 3.05) is 13.1 Å². The minimum absolute atomic E-state index is 0. The Hall–Kier alpha value is -0.840. The molecular formula is C12H15Cl2FN2O. The number of hydrogen-bond donors (Lipinski definition) is 1. The summed E-state index contributed by atoms with van der Waals surface area (Å²) in [4.78, 5) is 13.7. The molecule has 0 aliphatic carbocycles. The van der Waals surface area contributed by atoms with Gasteiger partial charge in [0.05, 0.1) is 5.56 Å². The SMILES string of the molecule is Cl.NC1CCN(C(=O)c2ccc(Cl)cc2F)CC1. The van der Waals surface area contributed by atoms with Crippen molar-refractivity contribution < 1.29 is 9.18 Å². The van der Waals surface area contributed by atoms with Crippen molar-refractivity contribution in [3.63, 3.8) is 0 Å². The van der Waals surface area contributed by atoms with Crippen molar-refractivity contribution in [2.24, 2.45) is 5.73 Å². The number of carbonyl (C=O) groups excluding carboxylic acids is 1. The van der Waals surface area contributed by atoms with Gasteiger partial charge in [-0.15, -0.1) is 12.4 Å². The zero-order valence-corrected chi connectivity index (χ0v) is 11.3. The lowest BCUT2D eigenvalue weighted by molar-refractivity contribution is 0.0710. The minimum Gasteiger partial charge on any atom is -0.338 e. The summed E-state index contributed by atoms with van der Waals surface area (Å²) in [6.07, 6.45) is 1.53. The zero-order valence-electron chi connectivity index (χ0n) is 9.73. The number of nitrogens with two attached hydrogens (primary N) is 1. The van der Waals surface area contributed by atoms with E-state index in [0.29, 0.717) is 18.1 Å². The molecule has 1 aliphatic rings. The van der Waals surface area contributed by atoms with E-state index in [1.807, 2.05) is 0 Å². The van der Waals surface area contributed by atoms with E-state index < -0.39 is 5.82 Å². The highest BCUT2D eigenvalue weighted by Gasteiger charge is 2.23. The smallest absolute Gasteiger partial charge is 0.256 e. The van der Waals surface area contributed by atoms with Crippen LogP contribution in [0.25, 0.3) is 0 Å². The Kier molecular flexibility index (Phi) is 5.38. The highest BCUT2D eigenvalue weighted by Crippen LogP contribution is 2.18. The van der Waals surface area contributed by atoms with Crippen LogP contribution in [0, 0.1) is 5.82 Å². The number of hydrogen-bond acceptors (Lipinski definition) is 2. The molecular weight excluding hydrogens is 278 g/mol. The molecule has 6 heteroatoms. The first-order valence-corrected chi connectivity index (χ1v) is 5.95. The fourth-order valence-corrected chi connectivity index (χ4v) is 2.09. The predicted octanol–water partition coefficient (Wildman–Crippen LogP) is 2.46. The van der Waals surface area contributed by atoms with E-state index in [0.717, 1.165) is 18.9 Å². The Labute approximate surface area is 116 Å². The molecule has 0 unspecified atom stereocenters. The Morgan fingerprint density at radius 3 is 2.56 bits per heavy atom. The molecule has 1 aromatic carbocycles. The first kappa shape index (κ1) is 15.2. The number of amides is 1. The van der Waals surface area contributed by atoms with Crippen molar-refractivity contribution in [3.8, 4) is 0 Å². The molecule has 1 amide bonds. The van der Waals surface area contributed by atoms with E-state index in [4.69, 9.17) is 17.3 Å². The molecule has 1 heterocycles. The monoisotopic (exact) mass is 292 g/mol. The summed E-state index contributed by atoms with van der Waals surface area (Å²) in [7, 11) is 0. The van der Waals surface area contributed by atoms with Crippen LogP contribution in [0.5, 0.6) is 0 Å². The molecule has 0 atom stereocenters. The average molecular weight is 293 g/mol. The number of benzene rings is 1. The summed E-state index contributed by atoms with van der Waals surface area (Å²) in [5.74, 6) is -0.858. The number of piperidine rings is 1. The molecule has 3 nitrogen and oxygen atoms in total. The van der Waals surface area contributed by atoms with Gasteiger partial charge in [0.1, 0.15) is 5.82 Å². The summed E-state index contributed by atoms with van der Waals surface area (Å²) in [6, 6.07) is 4.25. The molecule has 1 saturated heterocycles. The van der Waals surface area contributed by atoms with Crippen LogP contribution in [0.3, 0.4) is 0 Å². The van der Waals surface area contributed by atoms with Gasteiger partial charge in [0.25, 0.3) is 5.91 Å². The van der Waals surface area contributed by atoms with Crippen LogP contribution in [-0.4, -0.2) is 29.9 Å². The van der Waals surface area contributed by atoms with Crippen LogP contribution in [-0.2, 0) is 0 Å². The number of likely N-dealkylation sites (tertiary alicyclic amines) is 1. The highest BCUT2D eigenvalue weighted by molar-refractivity contribution is 6.30. The van der Waals surface area contributed by atoms with Crippen LogP contribution in [0.2, 0.25) is 5.02 Å². The Morgan fingerprint density at radius 1 is 1.39 bits per heavy atom. The van der Waals surface area contributed by atoms with Crippen LogP contribution in [0.15, 0.2) is 18.2 Å². The lowest BCUT2D eigenvalue weighted by Crippen LogP contribution is -2.43. The summed E-state index contributed by atoms with van der Waals surface area (Å²) >= 11 is 5.65. The Morgan fingerprint density at radius 2 is 2.00 bits per heavy atom. The lowest BCUT2D eigenvalue weighted by Gasteiger charge is -2.30. The maximum Gasteiger partial charge on any atom is 0.256 e. The number of carbonyl (C=O) groups is 1. The van der Waals surface area contributed by atoms with Gasteiger partial charge in [-0.25, -0.2) is 4.39 Å². The summed E-state index contributed by atoms with van der Waals surface area (Å²) in [5.41, 5.74) is 5.83. The largest absolute Gasteiger partial charge is 0.338 e. The third kappa shape index (κ3) is 3.34. The van der Waals surface area contributed by atoms with E-state index in [1.165, 1.54) is 12.1 Å². The van der Waals surface area contributed by atoms with Crippen LogP contribution in [0.4, 0.5) is 4.39 Å². The molecule has 0 spiro atoms. The van der Waals surface area contributed by atoms with Crippen LogP contribution >= 0.6 is 24.0 Å². The Bertz CT molecular complexity index is 434. The fraction of sp³-hybridized carbons (Fsp3) is 0.417. The quantitative estimate of drug-likeness (QED) is 0.864. The number of rotatable bonds is 1. The normalized spacial score (nSPS) is 16.3. The molecule has 18 heavy (non-hydrogen) atoms. The van der Waals surface area contributed by atoms with Gasteiger partial charge in [-0.2, -0.15) is 0 Å². The van der Waals surface area contributed by atoms with Gasteiger partial charge in [-0.3, -0.25) is 4.79 Å². The molecule has 1 fully saturated rings. The van der Waals surface area contributed by atoms with Gasteiger partial charge in [-0.1, -0.05) is 11.6 Å². The summed E-state index contributed by atoms with van der Waals surface area (Å²) < 4.78 is 13.6. The summed E-state index contributed by atoms with van der Waals surface area (Å²) in [6.45, 7) is 1.17. The molecule has 2 N–H and O–H groups in total. The van der Waals surface area contributed by atoms with E-state index >= 15 is 0 Å². The van der Waals surface area contributed by atoms with Crippen molar-refractivity contribution in [3.05, 3.63) is 34.6 Å². The first-order valence-electron chi connectivity index (χ1n) is 5.58. The molecule has 100 valence electrons. The zero-order chi connectivity index (χ0) is 12.4.